The number of rotatable bonds is 4. The molecule has 1 aromatic heterocycles. The standard InChI is InChI=1S/C19H22N4O3/c1-2-26-16-5-3-14(4-6-16)18(24)23-12-15-11-20-19(21-17(15)13-23)22-7-9-25-10-8-22/h3-6,11H,2,7-10,12-13H2,1H3. The lowest BCUT2D eigenvalue weighted by Crippen LogP contribution is -2.37. The first-order chi connectivity index (χ1) is 12.7. The molecule has 0 atom stereocenters. The van der Waals surface area contributed by atoms with Gasteiger partial charge in [0.25, 0.3) is 5.91 Å². The van der Waals surface area contributed by atoms with Crippen molar-refractivity contribution < 1.29 is 14.3 Å². The molecular formula is C19H22N4O3. The molecule has 0 bridgehead atoms. The highest BCUT2D eigenvalue weighted by atomic mass is 16.5. The van der Waals surface area contributed by atoms with Crippen LogP contribution >= 0.6 is 0 Å². The quantitative estimate of drug-likeness (QED) is 0.835. The van der Waals surface area contributed by atoms with Crippen LogP contribution in [0.15, 0.2) is 30.5 Å². The Morgan fingerprint density at radius 1 is 1.19 bits per heavy atom. The number of carbonyl (C=O) groups excluding carboxylic acids is 1. The Morgan fingerprint density at radius 3 is 2.69 bits per heavy atom. The number of fused-ring (bicyclic) bond motifs is 1. The highest BCUT2D eigenvalue weighted by Gasteiger charge is 2.27. The van der Waals surface area contributed by atoms with Gasteiger partial charge in [-0.3, -0.25) is 4.79 Å². The van der Waals surface area contributed by atoms with Crippen molar-refractivity contribution in [1.82, 2.24) is 14.9 Å². The summed E-state index contributed by atoms with van der Waals surface area (Å²) in [6.07, 6.45) is 1.85. The van der Waals surface area contributed by atoms with E-state index in [1.165, 1.54) is 0 Å². The minimum atomic E-state index is -0.000953. The highest BCUT2D eigenvalue weighted by Crippen LogP contribution is 2.25. The molecule has 2 aliphatic rings. The second-order valence-corrected chi connectivity index (χ2v) is 6.36. The summed E-state index contributed by atoms with van der Waals surface area (Å²) in [6, 6.07) is 7.27. The smallest absolute Gasteiger partial charge is 0.254 e. The molecule has 0 aliphatic carbocycles. The summed E-state index contributed by atoms with van der Waals surface area (Å²) in [6.45, 7) is 6.60. The molecule has 26 heavy (non-hydrogen) atoms. The molecule has 136 valence electrons. The lowest BCUT2D eigenvalue weighted by Gasteiger charge is -2.26. The molecule has 0 saturated carbocycles. The van der Waals surface area contributed by atoms with Crippen molar-refractivity contribution in [2.45, 2.75) is 20.0 Å². The van der Waals surface area contributed by atoms with Crippen LogP contribution in [0.3, 0.4) is 0 Å². The number of ether oxygens (including phenoxy) is 2. The van der Waals surface area contributed by atoms with E-state index in [1.54, 1.807) is 17.0 Å². The van der Waals surface area contributed by atoms with Crippen LogP contribution in [0.4, 0.5) is 5.95 Å². The van der Waals surface area contributed by atoms with Crippen molar-refractivity contribution in [3.8, 4) is 5.75 Å². The molecule has 1 fully saturated rings. The van der Waals surface area contributed by atoms with E-state index >= 15 is 0 Å². The maximum Gasteiger partial charge on any atom is 0.254 e. The number of anilines is 1. The topological polar surface area (TPSA) is 67.8 Å². The van der Waals surface area contributed by atoms with Crippen LogP contribution in [-0.4, -0.2) is 53.7 Å². The molecule has 2 aliphatic heterocycles. The van der Waals surface area contributed by atoms with Gasteiger partial charge < -0.3 is 19.3 Å². The van der Waals surface area contributed by atoms with Gasteiger partial charge in [-0.2, -0.15) is 0 Å². The minimum Gasteiger partial charge on any atom is -0.494 e. The fourth-order valence-electron chi connectivity index (χ4n) is 3.25. The fourth-order valence-corrected chi connectivity index (χ4v) is 3.25. The minimum absolute atomic E-state index is 0.000953. The first-order valence-corrected chi connectivity index (χ1v) is 8.94. The maximum atomic E-state index is 12.8. The van der Waals surface area contributed by atoms with Crippen LogP contribution in [-0.2, 0) is 17.8 Å². The molecule has 7 nitrogen and oxygen atoms in total. The molecule has 1 aromatic carbocycles. The number of nitrogens with zero attached hydrogens (tertiary/aromatic N) is 4. The zero-order valence-electron chi connectivity index (χ0n) is 14.9. The molecule has 3 heterocycles. The molecule has 1 amide bonds. The van der Waals surface area contributed by atoms with Crippen LogP contribution in [0.25, 0.3) is 0 Å². The predicted octanol–water partition coefficient (Wildman–Crippen LogP) is 1.87. The van der Waals surface area contributed by atoms with Gasteiger partial charge in [0, 0.05) is 37.0 Å². The van der Waals surface area contributed by atoms with E-state index in [0.717, 1.165) is 36.0 Å². The van der Waals surface area contributed by atoms with Crippen LogP contribution in [0.1, 0.15) is 28.5 Å². The average Bonchev–Trinajstić information content (AvgIpc) is 3.12. The summed E-state index contributed by atoms with van der Waals surface area (Å²) in [5.74, 6) is 1.50. The fraction of sp³-hybridized carbons (Fsp3) is 0.421. The summed E-state index contributed by atoms with van der Waals surface area (Å²) in [5, 5.41) is 0. The van der Waals surface area contributed by atoms with E-state index in [4.69, 9.17) is 9.47 Å². The van der Waals surface area contributed by atoms with E-state index in [2.05, 4.69) is 14.9 Å². The third kappa shape index (κ3) is 3.35. The maximum absolute atomic E-state index is 12.8. The molecule has 2 aromatic rings. The van der Waals surface area contributed by atoms with Gasteiger partial charge in [-0.25, -0.2) is 9.97 Å². The van der Waals surface area contributed by atoms with E-state index in [0.29, 0.717) is 38.5 Å². The van der Waals surface area contributed by atoms with Gasteiger partial charge in [-0.1, -0.05) is 0 Å². The highest BCUT2D eigenvalue weighted by molar-refractivity contribution is 5.94. The van der Waals surface area contributed by atoms with Crippen LogP contribution in [0.2, 0.25) is 0 Å². The first kappa shape index (κ1) is 16.8. The van der Waals surface area contributed by atoms with Gasteiger partial charge in [0.15, 0.2) is 0 Å². The van der Waals surface area contributed by atoms with Crippen LogP contribution in [0.5, 0.6) is 5.75 Å². The zero-order chi connectivity index (χ0) is 17.9. The SMILES string of the molecule is CCOc1ccc(C(=O)N2Cc3cnc(N4CCOCC4)nc3C2)cc1. The summed E-state index contributed by atoms with van der Waals surface area (Å²) in [5.41, 5.74) is 2.60. The van der Waals surface area contributed by atoms with Gasteiger partial charge in [0.2, 0.25) is 5.95 Å². The second-order valence-electron chi connectivity index (χ2n) is 6.36. The Balaban J connectivity index is 1.46. The second kappa shape index (κ2) is 7.29. The lowest BCUT2D eigenvalue weighted by atomic mass is 10.2. The van der Waals surface area contributed by atoms with E-state index < -0.39 is 0 Å². The number of morpholine rings is 1. The van der Waals surface area contributed by atoms with Gasteiger partial charge >= 0.3 is 0 Å². The first-order valence-electron chi connectivity index (χ1n) is 8.94. The molecule has 0 unspecified atom stereocenters. The third-order valence-corrected chi connectivity index (χ3v) is 4.64. The Hall–Kier alpha value is -2.67. The summed E-state index contributed by atoms with van der Waals surface area (Å²) in [7, 11) is 0. The van der Waals surface area contributed by atoms with Gasteiger partial charge in [-0.05, 0) is 31.2 Å². The summed E-state index contributed by atoms with van der Waals surface area (Å²) < 4.78 is 10.8. The Bertz CT molecular complexity index is 788. The normalized spacial score (nSPS) is 16.5. The molecule has 0 N–H and O–H groups in total. The number of amides is 1. The number of carbonyl (C=O) groups is 1. The van der Waals surface area contributed by atoms with Crippen molar-refractivity contribution >= 4 is 11.9 Å². The van der Waals surface area contributed by atoms with Crippen LogP contribution < -0.4 is 9.64 Å². The number of benzene rings is 1. The lowest BCUT2D eigenvalue weighted by molar-refractivity contribution is 0.0750. The van der Waals surface area contributed by atoms with Crippen molar-refractivity contribution in [2.75, 3.05) is 37.8 Å². The molecule has 0 spiro atoms. The Kier molecular flexibility index (Phi) is 4.71. The van der Waals surface area contributed by atoms with Gasteiger partial charge in [0.05, 0.1) is 32.1 Å². The van der Waals surface area contributed by atoms with E-state index in [1.807, 2.05) is 25.3 Å². The van der Waals surface area contributed by atoms with E-state index in [-0.39, 0.29) is 5.91 Å². The molecule has 7 heteroatoms. The largest absolute Gasteiger partial charge is 0.494 e. The average molecular weight is 354 g/mol. The predicted molar refractivity (Wildman–Crippen MR) is 96.3 cm³/mol. The number of hydrogen-bond donors (Lipinski definition) is 0. The molecule has 0 radical (unpaired) electrons. The molecule has 4 rings (SSSR count). The Morgan fingerprint density at radius 2 is 1.96 bits per heavy atom. The van der Waals surface area contributed by atoms with Crippen LogP contribution in [0, 0.1) is 0 Å². The van der Waals surface area contributed by atoms with E-state index in [9.17, 15) is 4.79 Å². The zero-order valence-corrected chi connectivity index (χ0v) is 14.9. The van der Waals surface area contributed by atoms with Crippen molar-refractivity contribution in [1.29, 1.82) is 0 Å². The summed E-state index contributed by atoms with van der Waals surface area (Å²) >= 11 is 0. The summed E-state index contributed by atoms with van der Waals surface area (Å²) in [4.78, 5) is 25.9. The molecule has 1 saturated heterocycles. The van der Waals surface area contributed by atoms with Crippen molar-refractivity contribution in [3.05, 3.63) is 47.3 Å². The number of aromatic nitrogens is 2. The van der Waals surface area contributed by atoms with Gasteiger partial charge in [0.1, 0.15) is 5.75 Å². The Labute approximate surface area is 152 Å². The number of hydrogen-bond acceptors (Lipinski definition) is 6. The molecular weight excluding hydrogens is 332 g/mol. The monoisotopic (exact) mass is 354 g/mol. The third-order valence-electron chi connectivity index (χ3n) is 4.64. The van der Waals surface area contributed by atoms with Gasteiger partial charge in [-0.15, -0.1) is 0 Å². The van der Waals surface area contributed by atoms with Crippen molar-refractivity contribution in [2.24, 2.45) is 0 Å². The van der Waals surface area contributed by atoms with Crippen molar-refractivity contribution in [3.63, 3.8) is 0 Å².